The molecule has 0 bridgehead atoms. The highest BCUT2D eigenvalue weighted by Gasteiger charge is 2.22. The van der Waals surface area contributed by atoms with Crippen molar-refractivity contribution in [2.24, 2.45) is 0 Å². The molecule has 2 aliphatic heterocycles. The molecule has 1 saturated heterocycles. The van der Waals surface area contributed by atoms with E-state index in [-0.39, 0.29) is 0 Å². The molecule has 6 nitrogen and oxygen atoms in total. The van der Waals surface area contributed by atoms with E-state index in [9.17, 15) is 0 Å². The Morgan fingerprint density at radius 1 is 1.22 bits per heavy atom. The van der Waals surface area contributed by atoms with Gasteiger partial charge >= 0.3 is 0 Å². The summed E-state index contributed by atoms with van der Waals surface area (Å²) in [6, 6.07) is 4.62. The Morgan fingerprint density at radius 2 is 2.13 bits per heavy atom. The van der Waals surface area contributed by atoms with Crippen LogP contribution in [0.2, 0.25) is 0 Å². The maximum absolute atomic E-state index is 4.45. The fraction of sp³-hybridized carbons (Fsp3) is 0.500. The number of fused-ring (bicyclic) bond motifs is 1. The quantitative estimate of drug-likeness (QED) is 0.926. The summed E-state index contributed by atoms with van der Waals surface area (Å²) in [5, 5.41) is 12.4. The van der Waals surface area contributed by atoms with Crippen molar-refractivity contribution in [2.75, 3.05) is 29.1 Å². The lowest BCUT2D eigenvalue weighted by atomic mass is 10.0. The zero-order chi connectivity index (χ0) is 15.5. The van der Waals surface area contributed by atoms with Crippen LogP contribution in [0.15, 0.2) is 24.7 Å². The third-order valence-corrected chi connectivity index (χ3v) is 5.45. The second-order valence-corrected chi connectivity index (χ2v) is 7.08. The van der Waals surface area contributed by atoms with E-state index < -0.39 is 0 Å². The number of hydrogen-bond acceptors (Lipinski definition) is 7. The first-order valence-electron chi connectivity index (χ1n) is 8.09. The largest absolute Gasteiger partial charge is 0.367 e. The Bertz CT molecular complexity index is 657. The van der Waals surface area contributed by atoms with Gasteiger partial charge in [0.1, 0.15) is 12.1 Å². The first-order chi connectivity index (χ1) is 11.4. The standard InChI is InChI=1S/C16H20N6S/c1-5-17-11-18-15(1)19-13-2-6-22(7-3-13)16-9-12-10-23-8-4-14(12)20-21-16/h1,5,9,11,13H,2-4,6-8,10H2,(H,17,18,19). The monoisotopic (exact) mass is 328 g/mol. The molecule has 0 spiro atoms. The molecule has 0 unspecified atom stereocenters. The molecule has 2 aliphatic rings. The summed E-state index contributed by atoms with van der Waals surface area (Å²) < 4.78 is 0. The molecule has 0 aliphatic carbocycles. The Morgan fingerprint density at radius 3 is 2.96 bits per heavy atom. The van der Waals surface area contributed by atoms with Crippen LogP contribution in [0.3, 0.4) is 0 Å². The van der Waals surface area contributed by atoms with Gasteiger partial charge in [-0.1, -0.05) is 0 Å². The number of hydrogen-bond donors (Lipinski definition) is 1. The van der Waals surface area contributed by atoms with Crippen molar-refractivity contribution in [3.05, 3.63) is 35.9 Å². The lowest BCUT2D eigenvalue weighted by Gasteiger charge is -2.33. The van der Waals surface area contributed by atoms with Crippen LogP contribution in [0, 0.1) is 0 Å². The highest BCUT2D eigenvalue weighted by Crippen LogP contribution is 2.26. The normalized spacial score (nSPS) is 18.5. The number of nitrogens with one attached hydrogen (secondary N) is 1. The second-order valence-electron chi connectivity index (χ2n) is 5.98. The summed E-state index contributed by atoms with van der Waals surface area (Å²) in [5.41, 5.74) is 2.56. The Hall–Kier alpha value is -1.89. The Balaban J connectivity index is 1.38. The number of nitrogens with zero attached hydrogens (tertiary/aromatic N) is 5. The van der Waals surface area contributed by atoms with Gasteiger partial charge in [-0.15, -0.1) is 5.10 Å². The number of rotatable bonds is 3. The molecular formula is C16H20N6S. The van der Waals surface area contributed by atoms with Crippen molar-refractivity contribution in [3.8, 4) is 0 Å². The van der Waals surface area contributed by atoms with Crippen LogP contribution in [-0.4, -0.2) is 45.0 Å². The van der Waals surface area contributed by atoms with E-state index in [1.54, 1.807) is 12.5 Å². The van der Waals surface area contributed by atoms with Gasteiger partial charge in [-0.05, 0) is 36.3 Å². The van der Waals surface area contributed by atoms with Gasteiger partial charge in [0, 0.05) is 37.5 Å². The first kappa shape index (κ1) is 14.7. The predicted octanol–water partition coefficient (Wildman–Crippen LogP) is 2.14. The van der Waals surface area contributed by atoms with Crippen LogP contribution < -0.4 is 10.2 Å². The SMILES string of the molecule is c1cc(NC2CCN(c3cc4c(nn3)CCSC4)CC2)ncn1. The van der Waals surface area contributed by atoms with Crippen molar-refractivity contribution < 1.29 is 0 Å². The number of piperidine rings is 1. The van der Waals surface area contributed by atoms with Crippen molar-refractivity contribution in [2.45, 2.75) is 31.1 Å². The van der Waals surface area contributed by atoms with Gasteiger partial charge in [0.15, 0.2) is 5.82 Å². The molecule has 2 aromatic heterocycles. The van der Waals surface area contributed by atoms with Crippen LogP contribution in [0.4, 0.5) is 11.6 Å². The van der Waals surface area contributed by atoms with Gasteiger partial charge in [-0.3, -0.25) is 0 Å². The lowest BCUT2D eigenvalue weighted by Crippen LogP contribution is -2.39. The van der Waals surface area contributed by atoms with Gasteiger partial charge in [-0.2, -0.15) is 16.9 Å². The van der Waals surface area contributed by atoms with E-state index in [1.807, 2.05) is 17.8 Å². The van der Waals surface area contributed by atoms with E-state index >= 15 is 0 Å². The molecule has 7 heteroatoms. The maximum Gasteiger partial charge on any atom is 0.151 e. The third-order valence-electron chi connectivity index (χ3n) is 4.44. The van der Waals surface area contributed by atoms with Crippen molar-refractivity contribution in [1.29, 1.82) is 0 Å². The van der Waals surface area contributed by atoms with Crippen LogP contribution in [0.5, 0.6) is 0 Å². The molecule has 1 fully saturated rings. The smallest absolute Gasteiger partial charge is 0.151 e. The molecule has 1 N–H and O–H groups in total. The molecule has 23 heavy (non-hydrogen) atoms. The third kappa shape index (κ3) is 3.39. The van der Waals surface area contributed by atoms with E-state index in [1.165, 1.54) is 17.0 Å². The first-order valence-corrected chi connectivity index (χ1v) is 9.25. The summed E-state index contributed by atoms with van der Waals surface area (Å²) >= 11 is 1.99. The predicted molar refractivity (Wildman–Crippen MR) is 92.8 cm³/mol. The zero-order valence-corrected chi connectivity index (χ0v) is 13.8. The number of anilines is 2. The topological polar surface area (TPSA) is 66.8 Å². The van der Waals surface area contributed by atoms with Crippen molar-refractivity contribution in [3.63, 3.8) is 0 Å². The molecule has 4 rings (SSSR count). The van der Waals surface area contributed by atoms with Crippen LogP contribution in [-0.2, 0) is 12.2 Å². The average molecular weight is 328 g/mol. The zero-order valence-electron chi connectivity index (χ0n) is 13.0. The van der Waals surface area contributed by atoms with Gasteiger partial charge in [-0.25, -0.2) is 9.97 Å². The van der Waals surface area contributed by atoms with Gasteiger partial charge in [0.05, 0.1) is 5.69 Å². The molecule has 0 amide bonds. The fourth-order valence-electron chi connectivity index (χ4n) is 3.12. The second kappa shape index (κ2) is 6.70. The lowest BCUT2D eigenvalue weighted by molar-refractivity contribution is 0.520. The van der Waals surface area contributed by atoms with Gasteiger partial charge in [0.2, 0.25) is 0 Å². The molecule has 0 radical (unpaired) electrons. The summed E-state index contributed by atoms with van der Waals surface area (Å²) in [6.07, 6.45) is 6.57. The minimum absolute atomic E-state index is 0.460. The fourth-order valence-corrected chi connectivity index (χ4v) is 4.07. The van der Waals surface area contributed by atoms with E-state index in [0.29, 0.717) is 6.04 Å². The summed E-state index contributed by atoms with van der Waals surface area (Å²) in [4.78, 5) is 10.5. The van der Waals surface area contributed by atoms with Crippen LogP contribution in [0.25, 0.3) is 0 Å². The molecule has 0 aromatic carbocycles. The summed E-state index contributed by atoms with van der Waals surface area (Å²) in [5.74, 6) is 4.18. The molecule has 0 saturated carbocycles. The highest BCUT2D eigenvalue weighted by molar-refractivity contribution is 7.98. The number of thioether (sulfide) groups is 1. The number of aryl methyl sites for hydroxylation is 1. The minimum Gasteiger partial charge on any atom is -0.367 e. The van der Waals surface area contributed by atoms with Crippen molar-refractivity contribution in [1.82, 2.24) is 20.2 Å². The van der Waals surface area contributed by atoms with E-state index in [4.69, 9.17) is 0 Å². The summed E-state index contributed by atoms with van der Waals surface area (Å²) in [7, 11) is 0. The average Bonchev–Trinajstić information content (AvgIpc) is 2.63. The Kier molecular flexibility index (Phi) is 4.28. The van der Waals surface area contributed by atoms with E-state index in [2.05, 4.69) is 36.4 Å². The number of aromatic nitrogens is 4. The van der Waals surface area contributed by atoms with Crippen LogP contribution in [0.1, 0.15) is 24.1 Å². The van der Waals surface area contributed by atoms with Gasteiger partial charge in [0.25, 0.3) is 0 Å². The van der Waals surface area contributed by atoms with E-state index in [0.717, 1.165) is 49.7 Å². The highest BCUT2D eigenvalue weighted by atomic mass is 32.2. The summed E-state index contributed by atoms with van der Waals surface area (Å²) in [6.45, 7) is 2.01. The van der Waals surface area contributed by atoms with Gasteiger partial charge < -0.3 is 10.2 Å². The molecular weight excluding hydrogens is 308 g/mol. The minimum atomic E-state index is 0.460. The Labute approximate surface area is 140 Å². The molecule has 0 atom stereocenters. The molecule has 4 heterocycles. The molecule has 2 aromatic rings. The maximum atomic E-state index is 4.45. The van der Waals surface area contributed by atoms with Crippen LogP contribution >= 0.6 is 11.8 Å². The van der Waals surface area contributed by atoms with Crippen molar-refractivity contribution >= 4 is 23.4 Å². The molecule has 120 valence electrons.